The van der Waals surface area contributed by atoms with Crippen LogP contribution in [-0.2, 0) is 12.8 Å². The highest BCUT2D eigenvalue weighted by Gasteiger charge is 2.12. The van der Waals surface area contributed by atoms with Gasteiger partial charge in [-0.15, -0.1) is 0 Å². The molecular formula is C27H38FN3O. The summed E-state index contributed by atoms with van der Waals surface area (Å²) in [6.45, 7) is 15.2. The van der Waals surface area contributed by atoms with Crippen LogP contribution in [0.25, 0.3) is 11.1 Å². The number of hydrogen-bond acceptors (Lipinski definition) is 4. The summed E-state index contributed by atoms with van der Waals surface area (Å²) in [6.07, 6.45) is 1.47. The molecule has 0 saturated heterocycles. The number of rotatable bonds is 11. The molecule has 0 saturated carbocycles. The van der Waals surface area contributed by atoms with Crippen molar-refractivity contribution in [2.45, 2.75) is 40.5 Å². The second kappa shape index (κ2) is 11.9. The van der Waals surface area contributed by atoms with Gasteiger partial charge < -0.3 is 15.3 Å². The molecule has 0 heterocycles. The van der Waals surface area contributed by atoms with E-state index in [1.165, 1.54) is 17.7 Å². The number of phenols is 1. The van der Waals surface area contributed by atoms with Crippen LogP contribution in [0.5, 0.6) is 5.75 Å². The first-order valence-corrected chi connectivity index (χ1v) is 11.3. The van der Waals surface area contributed by atoms with Crippen LogP contribution in [0.1, 0.15) is 37.5 Å². The Morgan fingerprint density at radius 2 is 1.97 bits per heavy atom. The van der Waals surface area contributed by atoms with Gasteiger partial charge in [0, 0.05) is 30.9 Å². The fraction of sp³-hybridized carbons (Fsp3) is 0.444. The van der Waals surface area contributed by atoms with Gasteiger partial charge in [-0.2, -0.15) is 0 Å². The molecule has 1 unspecified atom stereocenters. The summed E-state index contributed by atoms with van der Waals surface area (Å²) in [5.74, 6) is -0.321. The molecule has 0 aliphatic rings. The Morgan fingerprint density at radius 1 is 1.25 bits per heavy atom. The van der Waals surface area contributed by atoms with E-state index in [1.54, 1.807) is 0 Å². The zero-order valence-electron chi connectivity index (χ0n) is 20.4. The molecule has 0 aromatic heterocycles. The number of aliphatic imine (C=N–C) groups is 1. The molecule has 2 aromatic rings. The molecule has 2 N–H and O–H groups in total. The van der Waals surface area contributed by atoms with Gasteiger partial charge in [0.1, 0.15) is 0 Å². The van der Waals surface area contributed by atoms with Gasteiger partial charge >= 0.3 is 0 Å². The SMILES string of the molecule is C=C(CN(C)CC(C)CNC)N=C(C)Cc1ccc(-c2cc(F)c(O)cc2CC)cc1C. The molecule has 4 nitrogen and oxygen atoms in total. The van der Waals surface area contributed by atoms with Crippen LogP contribution < -0.4 is 5.32 Å². The van der Waals surface area contributed by atoms with E-state index in [2.05, 4.69) is 49.8 Å². The molecule has 0 bridgehead atoms. The first kappa shape index (κ1) is 25.8. The van der Waals surface area contributed by atoms with E-state index in [0.717, 1.165) is 66.1 Å². The summed E-state index contributed by atoms with van der Waals surface area (Å²) < 4.78 is 14.0. The highest BCUT2D eigenvalue weighted by atomic mass is 19.1. The predicted molar refractivity (Wildman–Crippen MR) is 134 cm³/mol. The van der Waals surface area contributed by atoms with Crippen molar-refractivity contribution in [2.75, 3.05) is 33.7 Å². The topological polar surface area (TPSA) is 47.9 Å². The van der Waals surface area contributed by atoms with E-state index in [4.69, 9.17) is 4.99 Å². The predicted octanol–water partition coefficient (Wildman–Crippen LogP) is 5.37. The Balaban J connectivity index is 2.09. The molecule has 0 aliphatic heterocycles. The lowest BCUT2D eigenvalue weighted by molar-refractivity contribution is 0.302. The second-order valence-electron chi connectivity index (χ2n) is 8.91. The van der Waals surface area contributed by atoms with Crippen molar-refractivity contribution in [3.63, 3.8) is 0 Å². The highest BCUT2D eigenvalue weighted by Crippen LogP contribution is 2.31. The van der Waals surface area contributed by atoms with Crippen molar-refractivity contribution >= 4 is 5.71 Å². The van der Waals surface area contributed by atoms with Gasteiger partial charge in [0.25, 0.3) is 0 Å². The van der Waals surface area contributed by atoms with E-state index in [9.17, 15) is 9.50 Å². The maximum atomic E-state index is 14.0. The molecule has 32 heavy (non-hydrogen) atoms. The lowest BCUT2D eigenvalue weighted by Crippen LogP contribution is -2.30. The normalized spacial score (nSPS) is 12.9. The Kier molecular flexibility index (Phi) is 9.60. The van der Waals surface area contributed by atoms with Gasteiger partial charge in [-0.3, -0.25) is 4.99 Å². The fourth-order valence-corrected chi connectivity index (χ4v) is 4.17. The zero-order valence-corrected chi connectivity index (χ0v) is 20.4. The number of nitrogens with one attached hydrogen (secondary N) is 1. The Labute approximate surface area is 192 Å². The third-order valence-electron chi connectivity index (χ3n) is 5.63. The lowest BCUT2D eigenvalue weighted by atomic mass is 9.93. The third-order valence-corrected chi connectivity index (χ3v) is 5.63. The number of benzene rings is 2. The quantitative estimate of drug-likeness (QED) is 0.463. The third kappa shape index (κ3) is 7.28. The van der Waals surface area contributed by atoms with Crippen molar-refractivity contribution in [1.29, 1.82) is 0 Å². The van der Waals surface area contributed by atoms with E-state index >= 15 is 0 Å². The molecule has 2 aromatic carbocycles. The van der Waals surface area contributed by atoms with E-state index in [-0.39, 0.29) is 5.75 Å². The molecule has 0 fully saturated rings. The van der Waals surface area contributed by atoms with Crippen LogP contribution in [-0.4, -0.2) is 49.4 Å². The first-order valence-electron chi connectivity index (χ1n) is 11.3. The highest BCUT2D eigenvalue weighted by molar-refractivity contribution is 5.85. The lowest BCUT2D eigenvalue weighted by Gasteiger charge is -2.21. The smallest absolute Gasteiger partial charge is 0.165 e. The van der Waals surface area contributed by atoms with Crippen molar-refractivity contribution < 1.29 is 9.50 Å². The summed E-state index contributed by atoms with van der Waals surface area (Å²) in [4.78, 5) is 6.98. The minimum Gasteiger partial charge on any atom is -0.505 e. The van der Waals surface area contributed by atoms with Gasteiger partial charge in [0.2, 0.25) is 0 Å². The number of likely N-dealkylation sites (N-methyl/N-ethyl adjacent to an activating group) is 1. The number of nitrogens with zero attached hydrogens (tertiary/aromatic N) is 2. The molecule has 1 atom stereocenters. The number of halogens is 1. The largest absolute Gasteiger partial charge is 0.505 e. The summed E-state index contributed by atoms with van der Waals surface area (Å²) >= 11 is 0. The van der Waals surface area contributed by atoms with Crippen molar-refractivity contribution in [3.05, 3.63) is 65.1 Å². The fourth-order valence-electron chi connectivity index (χ4n) is 4.17. The van der Waals surface area contributed by atoms with Gasteiger partial charge in [-0.25, -0.2) is 4.39 Å². The van der Waals surface area contributed by atoms with Crippen molar-refractivity contribution in [2.24, 2.45) is 10.9 Å². The maximum absolute atomic E-state index is 14.0. The minimum absolute atomic E-state index is 0.298. The Bertz CT molecular complexity index is 968. The number of aryl methyl sites for hydroxylation is 2. The molecule has 0 radical (unpaired) electrons. The van der Waals surface area contributed by atoms with Crippen LogP contribution >= 0.6 is 0 Å². The number of phenolic OH excluding ortho intramolecular Hbond substituents is 1. The monoisotopic (exact) mass is 439 g/mol. The molecule has 0 spiro atoms. The van der Waals surface area contributed by atoms with Gasteiger partial charge in [0.05, 0.1) is 0 Å². The van der Waals surface area contributed by atoms with E-state index in [0.29, 0.717) is 5.92 Å². The summed E-state index contributed by atoms with van der Waals surface area (Å²) in [6, 6.07) is 9.13. The number of aromatic hydroxyl groups is 1. The molecule has 0 amide bonds. The average molecular weight is 440 g/mol. The van der Waals surface area contributed by atoms with Gasteiger partial charge in [-0.1, -0.05) is 38.6 Å². The summed E-state index contributed by atoms with van der Waals surface area (Å²) in [7, 11) is 4.07. The minimum atomic E-state index is -0.592. The molecule has 174 valence electrons. The van der Waals surface area contributed by atoms with Crippen LogP contribution in [0.3, 0.4) is 0 Å². The van der Waals surface area contributed by atoms with Crippen LogP contribution in [0, 0.1) is 18.7 Å². The van der Waals surface area contributed by atoms with Crippen LogP contribution in [0.4, 0.5) is 4.39 Å². The molecule has 2 rings (SSSR count). The van der Waals surface area contributed by atoms with E-state index in [1.807, 2.05) is 27.0 Å². The number of hydrogen-bond donors (Lipinski definition) is 2. The Hall–Kier alpha value is -2.50. The summed E-state index contributed by atoms with van der Waals surface area (Å²) in [5.41, 5.74) is 6.92. The van der Waals surface area contributed by atoms with Gasteiger partial charge in [0.15, 0.2) is 11.6 Å². The molecule has 0 aliphatic carbocycles. The van der Waals surface area contributed by atoms with Crippen molar-refractivity contribution in [3.8, 4) is 16.9 Å². The molecular weight excluding hydrogens is 401 g/mol. The van der Waals surface area contributed by atoms with Gasteiger partial charge in [-0.05, 0) is 86.8 Å². The molecule has 5 heteroatoms. The standard InChI is InChI=1S/C27H38FN3O/c1-8-22-13-27(32)26(28)14-25(22)24-10-9-23(19(3)11-24)12-20(4)30-21(5)17-31(7)16-18(2)15-29-6/h9-11,13-14,18,29,32H,5,8,12,15-17H2,1-4,6-7H3. The second-order valence-corrected chi connectivity index (χ2v) is 8.91. The average Bonchev–Trinajstić information content (AvgIpc) is 2.70. The van der Waals surface area contributed by atoms with E-state index < -0.39 is 5.82 Å². The Morgan fingerprint density at radius 3 is 2.59 bits per heavy atom. The maximum Gasteiger partial charge on any atom is 0.165 e. The van der Waals surface area contributed by atoms with Crippen LogP contribution in [0.15, 0.2) is 47.6 Å². The van der Waals surface area contributed by atoms with Crippen LogP contribution in [0.2, 0.25) is 0 Å². The first-order chi connectivity index (χ1) is 15.1. The summed E-state index contributed by atoms with van der Waals surface area (Å²) in [5, 5.41) is 12.9. The van der Waals surface area contributed by atoms with Crippen molar-refractivity contribution in [1.82, 2.24) is 10.2 Å². The zero-order chi connectivity index (χ0) is 23.8.